The van der Waals surface area contributed by atoms with Crippen molar-refractivity contribution in [2.45, 2.75) is 18.8 Å². The summed E-state index contributed by atoms with van der Waals surface area (Å²) in [5.41, 5.74) is 6.22. The van der Waals surface area contributed by atoms with Crippen molar-refractivity contribution in [1.29, 1.82) is 0 Å². The average molecular weight is 390 g/mol. The van der Waals surface area contributed by atoms with Crippen LogP contribution in [0.4, 0.5) is 5.69 Å². The molecule has 0 bridgehead atoms. The first-order valence-corrected chi connectivity index (χ1v) is 10.9. The molecule has 2 aromatic heterocycles. The van der Waals surface area contributed by atoms with Crippen LogP contribution in [-0.2, 0) is 0 Å². The minimum Gasteiger partial charge on any atom is -0.369 e. The number of rotatable bonds is 3. The van der Waals surface area contributed by atoms with Crippen molar-refractivity contribution < 1.29 is 0 Å². The molecule has 3 aromatic rings. The first-order valence-electron chi connectivity index (χ1n) is 10.9. The number of H-pyrrole nitrogens is 1. The maximum atomic E-state index is 4.73. The zero-order valence-electron chi connectivity index (χ0n) is 17.6. The molecule has 2 fully saturated rings. The van der Waals surface area contributed by atoms with E-state index in [0.29, 0.717) is 5.92 Å². The monoisotopic (exact) mass is 389 g/mol. The molecule has 0 aliphatic carbocycles. The lowest BCUT2D eigenvalue weighted by molar-refractivity contribution is 0.256. The topological polar surface area (TPSA) is 38.4 Å². The first-order chi connectivity index (χ1) is 14.2. The van der Waals surface area contributed by atoms with Crippen molar-refractivity contribution in [2.75, 3.05) is 58.3 Å². The quantitative estimate of drug-likeness (QED) is 0.740. The molecule has 0 saturated carbocycles. The molecule has 2 aliphatic heterocycles. The van der Waals surface area contributed by atoms with Gasteiger partial charge in [-0.3, -0.25) is 0 Å². The minimum atomic E-state index is 0.636. The van der Waals surface area contributed by atoms with Crippen molar-refractivity contribution in [3.63, 3.8) is 0 Å². The fourth-order valence-electron chi connectivity index (χ4n) is 4.77. The van der Waals surface area contributed by atoms with E-state index in [0.717, 1.165) is 31.8 Å². The van der Waals surface area contributed by atoms with Gasteiger partial charge in [0, 0.05) is 55.2 Å². The summed E-state index contributed by atoms with van der Waals surface area (Å²) in [6.07, 6.45) is 6.65. The van der Waals surface area contributed by atoms with Crippen LogP contribution in [0.25, 0.3) is 22.2 Å². The van der Waals surface area contributed by atoms with Crippen LogP contribution in [0.15, 0.2) is 42.7 Å². The molecule has 5 rings (SSSR count). The van der Waals surface area contributed by atoms with Gasteiger partial charge in [0.05, 0.1) is 0 Å². The first kappa shape index (κ1) is 18.6. The number of fused-ring (bicyclic) bond motifs is 1. The average Bonchev–Trinajstić information content (AvgIpc) is 3.18. The van der Waals surface area contributed by atoms with E-state index >= 15 is 0 Å². The number of likely N-dealkylation sites (N-methyl/N-ethyl adjacent to an activating group) is 1. The molecular formula is C24H31N5. The number of aromatic nitrogens is 2. The van der Waals surface area contributed by atoms with E-state index in [9.17, 15) is 0 Å². The number of anilines is 1. The molecule has 29 heavy (non-hydrogen) atoms. The van der Waals surface area contributed by atoms with Gasteiger partial charge in [-0.15, -0.1) is 0 Å². The number of piperazine rings is 1. The molecule has 2 aliphatic rings. The smallest absolute Gasteiger partial charge is 0.137 e. The lowest BCUT2D eigenvalue weighted by Gasteiger charge is -2.34. The van der Waals surface area contributed by atoms with E-state index in [2.05, 4.69) is 70.3 Å². The van der Waals surface area contributed by atoms with E-state index in [1.807, 2.05) is 6.20 Å². The summed E-state index contributed by atoms with van der Waals surface area (Å²) in [6.45, 7) is 6.83. The van der Waals surface area contributed by atoms with Gasteiger partial charge in [0.25, 0.3) is 0 Å². The van der Waals surface area contributed by atoms with Gasteiger partial charge < -0.3 is 19.7 Å². The Morgan fingerprint density at radius 1 is 0.862 bits per heavy atom. The summed E-state index contributed by atoms with van der Waals surface area (Å²) in [5, 5.41) is 1.29. The molecule has 2 saturated heterocycles. The van der Waals surface area contributed by atoms with E-state index in [-0.39, 0.29) is 0 Å². The highest BCUT2D eigenvalue weighted by molar-refractivity contribution is 5.85. The second-order valence-corrected chi connectivity index (χ2v) is 8.78. The van der Waals surface area contributed by atoms with Crippen molar-refractivity contribution in [3.05, 3.63) is 48.3 Å². The standard InChI is InChI=1S/C24H31N5/c1-27-9-7-19(8-10-27)23-17-26-24-22(23)15-20(16-25-24)18-3-5-21(6-4-18)29-13-11-28(2)12-14-29/h3-6,15-17,19H,7-14H2,1-2H3,(H,25,26). The largest absolute Gasteiger partial charge is 0.369 e. The Bertz CT molecular complexity index is 961. The highest BCUT2D eigenvalue weighted by Gasteiger charge is 2.21. The van der Waals surface area contributed by atoms with Gasteiger partial charge in [0.1, 0.15) is 5.65 Å². The number of benzene rings is 1. The van der Waals surface area contributed by atoms with Crippen LogP contribution in [0, 0.1) is 0 Å². The minimum absolute atomic E-state index is 0.636. The highest BCUT2D eigenvalue weighted by atomic mass is 15.2. The molecule has 4 heterocycles. The van der Waals surface area contributed by atoms with Gasteiger partial charge in [0.15, 0.2) is 0 Å². The second-order valence-electron chi connectivity index (χ2n) is 8.78. The van der Waals surface area contributed by atoms with Crippen LogP contribution in [0.1, 0.15) is 24.3 Å². The Labute approximate surface area is 173 Å². The van der Waals surface area contributed by atoms with Crippen LogP contribution in [-0.4, -0.2) is 73.1 Å². The Hall–Kier alpha value is -2.37. The molecular weight excluding hydrogens is 358 g/mol. The SMILES string of the molecule is CN1CCC(c2c[nH]c3ncc(-c4ccc(N5CCN(C)CC5)cc4)cc23)CC1. The van der Waals surface area contributed by atoms with Gasteiger partial charge >= 0.3 is 0 Å². The summed E-state index contributed by atoms with van der Waals surface area (Å²) in [4.78, 5) is 15.4. The van der Waals surface area contributed by atoms with Gasteiger partial charge in [-0.05, 0) is 75.3 Å². The number of hydrogen-bond acceptors (Lipinski definition) is 4. The molecule has 152 valence electrons. The molecule has 0 amide bonds. The third-order valence-electron chi connectivity index (χ3n) is 6.79. The number of nitrogens with zero attached hydrogens (tertiary/aromatic N) is 4. The van der Waals surface area contributed by atoms with E-state index in [4.69, 9.17) is 4.98 Å². The third-order valence-corrected chi connectivity index (χ3v) is 6.79. The number of likely N-dealkylation sites (tertiary alicyclic amines) is 1. The Balaban J connectivity index is 1.39. The van der Waals surface area contributed by atoms with Crippen molar-refractivity contribution >= 4 is 16.7 Å². The molecule has 5 heteroatoms. The van der Waals surface area contributed by atoms with Crippen LogP contribution in [0.5, 0.6) is 0 Å². The predicted molar refractivity (Wildman–Crippen MR) is 121 cm³/mol. The van der Waals surface area contributed by atoms with Gasteiger partial charge in [-0.1, -0.05) is 12.1 Å². The third kappa shape index (κ3) is 3.77. The summed E-state index contributed by atoms with van der Waals surface area (Å²) >= 11 is 0. The molecule has 0 unspecified atom stereocenters. The molecule has 0 spiro atoms. The molecule has 1 N–H and O–H groups in total. The fraction of sp³-hybridized carbons (Fsp3) is 0.458. The maximum Gasteiger partial charge on any atom is 0.137 e. The van der Waals surface area contributed by atoms with Crippen molar-refractivity contribution in [1.82, 2.24) is 19.8 Å². The normalized spacial score (nSPS) is 19.9. The highest BCUT2D eigenvalue weighted by Crippen LogP contribution is 2.34. The van der Waals surface area contributed by atoms with E-state index in [1.54, 1.807) is 0 Å². The number of piperidine rings is 1. The van der Waals surface area contributed by atoms with E-state index < -0.39 is 0 Å². The zero-order chi connectivity index (χ0) is 19.8. The van der Waals surface area contributed by atoms with Gasteiger partial charge in [-0.2, -0.15) is 0 Å². The molecule has 0 radical (unpaired) electrons. The van der Waals surface area contributed by atoms with Crippen LogP contribution in [0.2, 0.25) is 0 Å². The van der Waals surface area contributed by atoms with Gasteiger partial charge in [-0.25, -0.2) is 4.98 Å². The summed E-state index contributed by atoms with van der Waals surface area (Å²) < 4.78 is 0. The molecule has 0 atom stereocenters. The summed E-state index contributed by atoms with van der Waals surface area (Å²) in [7, 11) is 4.42. The number of pyridine rings is 1. The molecule has 5 nitrogen and oxygen atoms in total. The predicted octanol–water partition coefficient (Wildman–Crippen LogP) is 3.79. The number of hydrogen-bond donors (Lipinski definition) is 1. The number of nitrogens with one attached hydrogen (secondary N) is 1. The van der Waals surface area contributed by atoms with Crippen LogP contribution >= 0.6 is 0 Å². The zero-order valence-corrected chi connectivity index (χ0v) is 17.6. The summed E-state index contributed by atoms with van der Waals surface area (Å²) in [5.74, 6) is 0.636. The van der Waals surface area contributed by atoms with Crippen molar-refractivity contribution in [2.24, 2.45) is 0 Å². The Kier molecular flexibility index (Phi) is 5.02. The van der Waals surface area contributed by atoms with Crippen molar-refractivity contribution in [3.8, 4) is 11.1 Å². The lowest BCUT2D eigenvalue weighted by atomic mass is 9.89. The second kappa shape index (κ2) is 7.81. The van der Waals surface area contributed by atoms with Crippen LogP contribution in [0.3, 0.4) is 0 Å². The number of aromatic amines is 1. The molecule has 1 aromatic carbocycles. The van der Waals surface area contributed by atoms with Crippen LogP contribution < -0.4 is 4.90 Å². The van der Waals surface area contributed by atoms with E-state index in [1.165, 1.54) is 53.7 Å². The Morgan fingerprint density at radius 2 is 1.55 bits per heavy atom. The van der Waals surface area contributed by atoms with Gasteiger partial charge in [0.2, 0.25) is 0 Å². The fourth-order valence-corrected chi connectivity index (χ4v) is 4.77. The maximum absolute atomic E-state index is 4.73. The lowest BCUT2D eigenvalue weighted by Crippen LogP contribution is -2.44. The Morgan fingerprint density at radius 3 is 2.28 bits per heavy atom. The summed E-state index contributed by atoms with van der Waals surface area (Å²) in [6, 6.07) is 11.4.